The van der Waals surface area contributed by atoms with Crippen molar-refractivity contribution < 1.29 is 26.4 Å². The van der Waals surface area contributed by atoms with E-state index < -0.39 is 51.3 Å². The highest BCUT2D eigenvalue weighted by molar-refractivity contribution is 7.89. The smallest absolute Gasteiger partial charge is 0.248 e. The zero-order valence-corrected chi connectivity index (χ0v) is 19.2. The summed E-state index contributed by atoms with van der Waals surface area (Å²) in [6.07, 6.45) is 4.03. The van der Waals surface area contributed by atoms with E-state index in [0.717, 1.165) is 0 Å². The quantitative estimate of drug-likeness (QED) is 0.575. The van der Waals surface area contributed by atoms with Crippen LogP contribution in [0, 0.1) is 0 Å². The molecule has 0 radical (unpaired) electrons. The number of alkyl halides is 2. The van der Waals surface area contributed by atoms with Crippen LogP contribution in [-0.2, 0) is 20.4 Å². The Labute approximate surface area is 195 Å². The molecule has 1 aliphatic heterocycles. The number of carbonyl (C=O) groups excluding carboxylic acids is 1. The van der Waals surface area contributed by atoms with Crippen molar-refractivity contribution in [3.63, 3.8) is 0 Å². The fourth-order valence-corrected chi connectivity index (χ4v) is 6.28. The van der Waals surface area contributed by atoms with Crippen molar-refractivity contribution in [1.82, 2.24) is 15.4 Å². The molecule has 2 fully saturated rings. The highest BCUT2D eigenvalue weighted by Crippen LogP contribution is 2.40. The van der Waals surface area contributed by atoms with Crippen LogP contribution in [0.15, 0.2) is 48.3 Å². The van der Waals surface area contributed by atoms with Gasteiger partial charge in [0.2, 0.25) is 21.9 Å². The second-order valence-corrected chi connectivity index (χ2v) is 11.0. The number of rotatable bonds is 5. The Hall–Kier alpha value is -1.88. The fourth-order valence-electron chi connectivity index (χ4n) is 4.66. The number of hydrogen-bond acceptors (Lipinski definition) is 4. The number of benzene rings is 1. The van der Waals surface area contributed by atoms with Crippen molar-refractivity contribution in [3.05, 3.63) is 58.9 Å². The Balaban J connectivity index is 1.69. The van der Waals surface area contributed by atoms with E-state index in [1.807, 2.05) is 0 Å². The third-order valence-corrected chi connectivity index (χ3v) is 8.17. The zero-order chi connectivity index (χ0) is 23.9. The molecule has 180 valence electrons. The predicted molar refractivity (Wildman–Crippen MR) is 119 cm³/mol. The topological polar surface area (TPSA) is 87.3 Å². The molecule has 1 saturated heterocycles. The van der Waals surface area contributed by atoms with Crippen LogP contribution in [0.4, 0.5) is 13.2 Å². The van der Waals surface area contributed by atoms with Crippen LogP contribution in [0.3, 0.4) is 0 Å². The number of sulfonamides is 1. The van der Waals surface area contributed by atoms with Gasteiger partial charge in [-0.25, -0.2) is 26.3 Å². The van der Waals surface area contributed by atoms with E-state index in [9.17, 15) is 22.0 Å². The fraction of sp³-hybridized carbons (Fsp3) is 0.500. The lowest BCUT2D eigenvalue weighted by molar-refractivity contribution is -0.124. The Morgan fingerprint density at radius 2 is 1.85 bits per heavy atom. The molecular weight excluding hydrogens is 479 g/mol. The summed E-state index contributed by atoms with van der Waals surface area (Å²) in [6.45, 7) is 0. The molecule has 0 aromatic heterocycles. The molecule has 4 rings (SSSR count). The normalized spacial score (nSPS) is 31.2. The summed E-state index contributed by atoms with van der Waals surface area (Å²) in [5.74, 6) is -4.15. The molecule has 1 heterocycles. The van der Waals surface area contributed by atoms with Crippen LogP contribution in [0.25, 0.3) is 0 Å². The van der Waals surface area contributed by atoms with Crippen LogP contribution in [-0.4, -0.2) is 44.1 Å². The van der Waals surface area contributed by atoms with Gasteiger partial charge in [-0.3, -0.25) is 4.79 Å². The first kappa shape index (κ1) is 24.3. The zero-order valence-electron chi connectivity index (χ0n) is 17.7. The second-order valence-electron chi connectivity index (χ2n) is 8.76. The molecule has 0 spiro atoms. The number of nitrogens with one attached hydrogen (secondary N) is 3. The van der Waals surface area contributed by atoms with Crippen LogP contribution in [0.1, 0.15) is 37.7 Å². The molecule has 3 aliphatic rings. The first-order valence-electron chi connectivity index (χ1n) is 10.8. The Kier molecular flexibility index (Phi) is 6.65. The van der Waals surface area contributed by atoms with E-state index >= 15 is 4.39 Å². The number of carbonyl (C=O) groups is 1. The number of amides is 1. The second kappa shape index (κ2) is 9.05. The minimum atomic E-state index is -3.56. The van der Waals surface area contributed by atoms with E-state index in [2.05, 4.69) is 15.4 Å². The molecule has 3 N–H and O–H groups in total. The van der Waals surface area contributed by atoms with Crippen LogP contribution in [0.5, 0.6) is 0 Å². The Morgan fingerprint density at radius 3 is 2.48 bits per heavy atom. The van der Waals surface area contributed by atoms with Crippen LogP contribution >= 0.6 is 11.6 Å². The molecule has 2 aliphatic carbocycles. The molecule has 33 heavy (non-hydrogen) atoms. The van der Waals surface area contributed by atoms with Crippen molar-refractivity contribution in [2.75, 3.05) is 5.75 Å². The van der Waals surface area contributed by atoms with Gasteiger partial charge < -0.3 is 10.6 Å². The largest absolute Gasteiger partial charge is 0.340 e. The van der Waals surface area contributed by atoms with Gasteiger partial charge in [0.15, 0.2) is 0 Å². The molecule has 1 aromatic carbocycles. The summed E-state index contributed by atoms with van der Waals surface area (Å²) in [5, 5.41) is 6.23. The van der Waals surface area contributed by atoms with E-state index in [-0.39, 0.29) is 42.9 Å². The molecule has 6 nitrogen and oxygen atoms in total. The van der Waals surface area contributed by atoms with E-state index in [1.165, 1.54) is 12.2 Å². The molecule has 1 saturated carbocycles. The summed E-state index contributed by atoms with van der Waals surface area (Å²) in [4.78, 5) is 13.1. The van der Waals surface area contributed by atoms with E-state index in [1.54, 1.807) is 30.3 Å². The summed E-state index contributed by atoms with van der Waals surface area (Å²) in [6, 6.07) is 4.10. The summed E-state index contributed by atoms with van der Waals surface area (Å²) >= 11 is 6.46. The minimum Gasteiger partial charge on any atom is -0.340 e. The third kappa shape index (κ3) is 5.13. The number of allylic oxidation sites excluding steroid dienone is 2. The highest BCUT2D eigenvalue weighted by Gasteiger charge is 2.48. The number of halogens is 4. The van der Waals surface area contributed by atoms with Gasteiger partial charge in [0.05, 0.1) is 11.8 Å². The lowest BCUT2D eigenvalue weighted by atomic mass is 9.77. The number of hydrogen-bond donors (Lipinski definition) is 3. The van der Waals surface area contributed by atoms with E-state index in [0.29, 0.717) is 5.56 Å². The van der Waals surface area contributed by atoms with Gasteiger partial charge in [0, 0.05) is 29.5 Å². The standard InChI is InChI=1S/C22H25ClF3N3O3S/c23-16-5-2-1-4-15(16)22(28-20(30)18-9-13-33(31,32)29-18)10-3-6-17(24)19(22)27-14-7-11-21(25,26)12-8-14/h1-6,10,14,18-19,27,29H,7-9,11-13H2,(H,28,30)/t18-,19?,22?/m0/s1. The average molecular weight is 504 g/mol. The molecular formula is C22H25ClF3N3O3S. The molecule has 11 heteroatoms. The maximum atomic E-state index is 15.3. The molecule has 0 bridgehead atoms. The monoisotopic (exact) mass is 503 g/mol. The van der Waals surface area contributed by atoms with Gasteiger partial charge in [-0.05, 0) is 31.4 Å². The van der Waals surface area contributed by atoms with Crippen molar-refractivity contribution >= 4 is 27.5 Å². The first-order valence-corrected chi connectivity index (χ1v) is 12.8. The molecule has 1 aromatic rings. The van der Waals surface area contributed by atoms with Crippen LogP contribution in [0.2, 0.25) is 5.02 Å². The SMILES string of the molecule is O=C(NC1(c2ccccc2Cl)C=CC=C(F)C1NC1CCC(F)(F)CC1)[C@@H]1CCS(=O)(=O)N1. The van der Waals surface area contributed by atoms with Crippen LogP contribution < -0.4 is 15.4 Å². The minimum absolute atomic E-state index is 0.0740. The average Bonchev–Trinajstić information content (AvgIpc) is 3.12. The van der Waals surface area contributed by atoms with Gasteiger partial charge in [0.25, 0.3) is 0 Å². The summed E-state index contributed by atoms with van der Waals surface area (Å²) in [7, 11) is -3.56. The lowest BCUT2D eigenvalue weighted by Gasteiger charge is -2.44. The van der Waals surface area contributed by atoms with Crippen molar-refractivity contribution in [3.8, 4) is 0 Å². The highest BCUT2D eigenvalue weighted by atomic mass is 35.5. The maximum absolute atomic E-state index is 15.3. The summed E-state index contributed by atoms with van der Waals surface area (Å²) < 4.78 is 68.5. The molecule has 3 atom stereocenters. The van der Waals surface area contributed by atoms with Crippen molar-refractivity contribution in [2.24, 2.45) is 0 Å². The maximum Gasteiger partial charge on any atom is 0.248 e. The van der Waals surface area contributed by atoms with Gasteiger partial charge >= 0.3 is 0 Å². The predicted octanol–water partition coefficient (Wildman–Crippen LogP) is 3.30. The van der Waals surface area contributed by atoms with Gasteiger partial charge in [-0.1, -0.05) is 42.0 Å². The lowest BCUT2D eigenvalue weighted by Crippen LogP contribution is -2.63. The van der Waals surface area contributed by atoms with Crippen molar-refractivity contribution in [1.29, 1.82) is 0 Å². The van der Waals surface area contributed by atoms with Gasteiger partial charge in [-0.2, -0.15) is 0 Å². The van der Waals surface area contributed by atoms with Crippen molar-refractivity contribution in [2.45, 2.75) is 61.7 Å². The first-order chi connectivity index (χ1) is 15.5. The molecule has 1 amide bonds. The Bertz CT molecular complexity index is 1090. The third-order valence-electron chi connectivity index (χ3n) is 6.43. The van der Waals surface area contributed by atoms with Gasteiger partial charge in [-0.15, -0.1) is 0 Å². The molecule has 2 unspecified atom stereocenters. The Morgan fingerprint density at radius 1 is 1.15 bits per heavy atom. The van der Waals surface area contributed by atoms with Gasteiger partial charge in [0.1, 0.15) is 17.4 Å². The van der Waals surface area contributed by atoms with E-state index in [4.69, 9.17) is 11.6 Å². The summed E-state index contributed by atoms with van der Waals surface area (Å²) in [5.41, 5.74) is -1.10.